The van der Waals surface area contributed by atoms with Gasteiger partial charge in [0.1, 0.15) is 13.2 Å². The number of hydrogen-bond donors (Lipinski definition) is 0. The Labute approximate surface area is 377 Å². The van der Waals surface area contributed by atoms with Gasteiger partial charge in [-0.25, -0.2) is 0 Å². The second-order valence-electron chi connectivity index (χ2n) is 17.1. The van der Waals surface area contributed by atoms with Crippen LogP contribution in [0.15, 0.2) is 60.8 Å². The number of carbonyl (C=O) groups is 3. The second kappa shape index (κ2) is 49.8. The van der Waals surface area contributed by atoms with Crippen molar-refractivity contribution < 1.29 is 28.6 Å². The van der Waals surface area contributed by atoms with E-state index in [0.29, 0.717) is 12.8 Å². The number of carbonyl (C=O) groups excluding carboxylic acids is 3. The van der Waals surface area contributed by atoms with Crippen LogP contribution >= 0.6 is 0 Å². The molecule has 0 rings (SSSR count). The highest BCUT2D eigenvalue weighted by molar-refractivity contribution is 5.72. The van der Waals surface area contributed by atoms with Crippen LogP contribution < -0.4 is 0 Å². The predicted molar refractivity (Wildman–Crippen MR) is 261 cm³/mol. The molecule has 0 radical (unpaired) electrons. The van der Waals surface area contributed by atoms with Gasteiger partial charge in [0.2, 0.25) is 0 Å². The summed E-state index contributed by atoms with van der Waals surface area (Å²) in [4.78, 5) is 37.7. The Balaban J connectivity index is 4.28. The molecule has 0 saturated heterocycles. The zero-order chi connectivity index (χ0) is 44.4. The van der Waals surface area contributed by atoms with Gasteiger partial charge in [-0.2, -0.15) is 0 Å². The van der Waals surface area contributed by atoms with Crippen molar-refractivity contribution in [2.75, 3.05) is 13.2 Å². The number of rotatable bonds is 46. The van der Waals surface area contributed by atoms with Gasteiger partial charge in [0.15, 0.2) is 6.10 Å². The van der Waals surface area contributed by atoms with Crippen molar-refractivity contribution in [1.29, 1.82) is 0 Å². The van der Waals surface area contributed by atoms with E-state index < -0.39 is 12.1 Å². The maximum absolute atomic E-state index is 12.7. The van der Waals surface area contributed by atoms with Crippen LogP contribution in [0.3, 0.4) is 0 Å². The number of allylic oxidation sites excluding steroid dienone is 9. The van der Waals surface area contributed by atoms with Gasteiger partial charge in [-0.15, -0.1) is 0 Å². The smallest absolute Gasteiger partial charge is 0.310 e. The Morgan fingerprint density at radius 3 is 0.934 bits per heavy atom. The maximum atomic E-state index is 12.7. The monoisotopic (exact) mass is 853 g/mol. The molecule has 0 aromatic heterocycles. The molecule has 0 fully saturated rings. The lowest BCUT2D eigenvalue weighted by Gasteiger charge is -2.18. The topological polar surface area (TPSA) is 78.9 Å². The van der Waals surface area contributed by atoms with Crippen molar-refractivity contribution >= 4 is 17.9 Å². The van der Waals surface area contributed by atoms with E-state index in [1.165, 1.54) is 141 Å². The molecule has 0 heterocycles. The molecule has 0 saturated carbocycles. The van der Waals surface area contributed by atoms with E-state index in [0.717, 1.165) is 70.6 Å². The first-order valence-corrected chi connectivity index (χ1v) is 25.8. The molecule has 0 aliphatic rings. The van der Waals surface area contributed by atoms with Crippen LogP contribution in [0.4, 0.5) is 0 Å². The summed E-state index contributed by atoms with van der Waals surface area (Å²) in [5.74, 6) is -1.04. The fraction of sp³-hybridized carbons (Fsp3) is 0.764. The van der Waals surface area contributed by atoms with Crippen LogP contribution in [0.25, 0.3) is 0 Å². The fourth-order valence-electron chi connectivity index (χ4n) is 7.22. The van der Waals surface area contributed by atoms with E-state index in [-0.39, 0.29) is 31.6 Å². The normalized spacial score (nSPS) is 12.5. The molecule has 0 aliphatic carbocycles. The molecule has 6 nitrogen and oxygen atoms in total. The minimum Gasteiger partial charge on any atom is -0.462 e. The lowest BCUT2D eigenvalue weighted by molar-refractivity contribution is -0.166. The van der Waals surface area contributed by atoms with Crippen molar-refractivity contribution in [3.05, 3.63) is 60.8 Å². The van der Waals surface area contributed by atoms with Gasteiger partial charge in [0.05, 0.1) is 6.42 Å². The SMILES string of the molecule is CC/C=C\C/C=C\C/C=C\C/C=C\C/C=C\CC(=O)OC(COC(=O)CCCCCCCCC)COC(=O)CCCCCCCCCCCCCCCCCCCCCCC. The van der Waals surface area contributed by atoms with Crippen LogP contribution in [-0.4, -0.2) is 37.2 Å². The van der Waals surface area contributed by atoms with Crippen molar-refractivity contribution in [2.24, 2.45) is 0 Å². The summed E-state index contributed by atoms with van der Waals surface area (Å²) in [7, 11) is 0. The predicted octanol–water partition coefficient (Wildman–Crippen LogP) is 16.9. The Hall–Kier alpha value is -2.89. The summed E-state index contributed by atoms with van der Waals surface area (Å²) in [5, 5.41) is 0. The van der Waals surface area contributed by atoms with Crippen molar-refractivity contribution in [2.45, 2.75) is 258 Å². The minimum atomic E-state index is -0.822. The fourth-order valence-corrected chi connectivity index (χ4v) is 7.22. The third kappa shape index (κ3) is 48.0. The first-order chi connectivity index (χ1) is 30.0. The summed E-state index contributed by atoms with van der Waals surface area (Å²) in [6.07, 6.45) is 61.2. The molecule has 6 heteroatoms. The van der Waals surface area contributed by atoms with Gasteiger partial charge >= 0.3 is 17.9 Å². The third-order valence-electron chi connectivity index (χ3n) is 11.1. The molecule has 0 amide bonds. The Kier molecular flexibility index (Phi) is 47.4. The average Bonchev–Trinajstić information content (AvgIpc) is 3.26. The zero-order valence-electron chi connectivity index (χ0n) is 40.2. The number of unbranched alkanes of at least 4 members (excludes halogenated alkanes) is 26. The standard InChI is InChI=1S/C55H96O6/c1-4-7-10-13-16-18-20-22-24-25-26-27-28-29-31-32-34-36-39-42-45-48-54(57)60-51-52(50-59-53(56)47-44-41-38-15-12-9-6-3)61-55(58)49-46-43-40-37-35-33-30-23-21-19-17-14-11-8-5-2/h8,11,17,19,23,30,35,37,43,46,52H,4-7,9-10,12-16,18,20-22,24-29,31-34,36,38-42,44-45,47-51H2,1-3H3/b11-8-,19-17-,30-23-,37-35-,46-43-. The van der Waals surface area contributed by atoms with Crippen LogP contribution in [0.2, 0.25) is 0 Å². The van der Waals surface area contributed by atoms with Crippen molar-refractivity contribution in [3.63, 3.8) is 0 Å². The van der Waals surface area contributed by atoms with Gasteiger partial charge in [-0.3, -0.25) is 14.4 Å². The van der Waals surface area contributed by atoms with Gasteiger partial charge in [0.25, 0.3) is 0 Å². The molecule has 352 valence electrons. The summed E-state index contributed by atoms with van der Waals surface area (Å²) in [6, 6.07) is 0. The molecule has 0 spiro atoms. The second-order valence-corrected chi connectivity index (χ2v) is 17.1. The molecule has 0 aromatic rings. The van der Waals surface area contributed by atoms with Crippen LogP contribution in [0.1, 0.15) is 252 Å². The van der Waals surface area contributed by atoms with Gasteiger partial charge in [0, 0.05) is 12.8 Å². The highest BCUT2D eigenvalue weighted by atomic mass is 16.6. The Morgan fingerprint density at radius 2 is 0.623 bits per heavy atom. The van der Waals surface area contributed by atoms with E-state index in [1.54, 1.807) is 6.08 Å². The van der Waals surface area contributed by atoms with E-state index in [1.807, 2.05) is 6.08 Å². The van der Waals surface area contributed by atoms with E-state index in [9.17, 15) is 14.4 Å². The number of hydrogen-bond acceptors (Lipinski definition) is 6. The van der Waals surface area contributed by atoms with Gasteiger partial charge in [-0.1, -0.05) is 248 Å². The summed E-state index contributed by atoms with van der Waals surface area (Å²) < 4.78 is 16.6. The Bertz CT molecular complexity index is 1120. The maximum Gasteiger partial charge on any atom is 0.310 e. The summed E-state index contributed by atoms with van der Waals surface area (Å²) in [5.41, 5.74) is 0. The van der Waals surface area contributed by atoms with Crippen LogP contribution in [0, 0.1) is 0 Å². The van der Waals surface area contributed by atoms with Crippen LogP contribution in [0.5, 0.6) is 0 Å². The molecule has 0 aliphatic heterocycles. The average molecular weight is 853 g/mol. The van der Waals surface area contributed by atoms with Crippen LogP contribution in [-0.2, 0) is 28.6 Å². The largest absolute Gasteiger partial charge is 0.462 e. The lowest BCUT2D eigenvalue weighted by atomic mass is 10.0. The summed E-state index contributed by atoms with van der Waals surface area (Å²) >= 11 is 0. The van der Waals surface area contributed by atoms with Crippen molar-refractivity contribution in [3.8, 4) is 0 Å². The van der Waals surface area contributed by atoms with Crippen molar-refractivity contribution in [1.82, 2.24) is 0 Å². The molecule has 1 unspecified atom stereocenters. The van der Waals surface area contributed by atoms with E-state index >= 15 is 0 Å². The molecule has 0 bridgehead atoms. The lowest BCUT2D eigenvalue weighted by Crippen LogP contribution is -2.30. The molecule has 61 heavy (non-hydrogen) atoms. The zero-order valence-corrected chi connectivity index (χ0v) is 40.2. The molecule has 0 N–H and O–H groups in total. The minimum absolute atomic E-state index is 0.101. The quantitative estimate of drug-likeness (QED) is 0.0263. The molecule has 1 atom stereocenters. The molecule has 0 aromatic carbocycles. The highest BCUT2D eigenvalue weighted by Crippen LogP contribution is 2.16. The molecular formula is C55H96O6. The first kappa shape index (κ1) is 58.1. The first-order valence-electron chi connectivity index (χ1n) is 25.8. The van der Waals surface area contributed by atoms with E-state index in [4.69, 9.17) is 14.2 Å². The highest BCUT2D eigenvalue weighted by Gasteiger charge is 2.19. The summed E-state index contributed by atoms with van der Waals surface area (Å²) in [6.45, 7) is 6.41. The third-order valence-corrected chi connectivity index (χ3v) is 11.1. The molecular weight excluding hydrogens is 757 g/mol. The number of ether oxygens (including phenoxy) is 3. The van der Waals surface area contributed by atoms with Gasteiger partial charge < -0.3 is 14.2 Å². The number of esters is 3. The Morgan fingerprint density at radius 1 is 0.344 bits per heavy atom. The van der Waals surface area contributed by atoms with E-state index in [2.05, 4.69) is 69.4 Å². The van der Waals surface area contributed by atoms with Gasteiger partial charge in [-0.05, 0) is 44.9 Å².